The number of benzene rings is 1. The second-order valence-electron chi connectivity index (χ2n) is 4.49. The molecule has 1 fully saturated rings. The molecule has 1 aliphatic heterocycles. The van der Waals surface area contributed by atoms with E-state index < -0.39 is 0 Å². The van der Waals surface area contributed by atoms with Crippen LogP contribution in [-0.2, 0) is 4.08 Å². The van der Waals surface area contributed by atoms with E-state index in [2.05, 4.69) is 18.3 Å². The third-order valence-corrected chi connectivity index (χ3v) is 6.28. The van der Waals surface area contributed by atoms with E-state index in [1.54, 1.807) is 0 Å². The van der Waals surface area contributed by atoms with Crippen LogP contribution in [0.15, 0.2) is 24.3 Å². The van der Waals surface area contributed by atoms with Gasteiger partial charge in [-0.2, -0.15) is 0 Å². The van der Waals surface area contributed by atoms with Gasteiger partial charge >= 0.3 is 6.09 Å². The Labute approximate surface area is 122 Å². The van der Waals surface area contributed by atoms with Gasteiger partial charge in [0.2, 0.25) is 0 Å². The average Bonchev–Trinajstić information content (AvgIpc) is 2.85. The lowest BCUT2D eigenvalue weighted by atomic mass is 10.1. The molecular formula is C14H19NO2S2. The summed E-state index contributed by atoms with van der Waals surface area (Å²) < 4.78 is 5.38. The molecule has 1 aliphatic rings. The lowest BCUT2D eigenvalue weighted by Gasteiger charge is -2.22. The first-order valence-corrected chi connectivity index (χ1v) is 8.45. The monoisotopic (exact) mass is 297 g/mol. The summed E-state index contributed by atoms with van der Waals surface area (Å²) in [6, 6.07) is 7.84. The normalized spacial score (nSPS) is 17.2. The van der Waals surface area contributed by atoms with Gasteiger partial charge in [0, 0.05) is 18.1 Å². The van der Waals surface area contributed by atoms with Crippen molar-refractivity contribution in [3.63, 3.8) is 0 Å². The minimum Gasteiger partial charge on any atom is -0.410 e. The number of hydrogen-bond acceptors (Lipinski definition) is 4. The van der Waals surface area contributed by atoms with Crippen LogP contribution in [0.1, 0.15) is 25.8 Å². The molecule has 0 bridgehead atoms. The molecule has 104 valence electrons. The van der Waals surface area contributed by atoms with Crippen LogP contribution < -0.4 is 10.1 Å². The highest BCUT2D eigenvalue weighted by Gasteiger charge is 2.32. The molecule has 1 saturated heterocycles. The van der Waals surface area contributed by atoms with E-state index in [9.17, 15) is 4.79 Å². The highest BCUT2D eigenvalue weighted by Crippen LogP contribution is 2.51. The van der Waals surface area contributed by atoms with E-state index in [1.165, 1.54) is 17.1 Å². The van der Waals surface area contributed by atoms with Gasteiger partial charge in [-0.25, -0.2) is 4.79 Å². The van der Waals surface area contributed by atoms with E-state index in [0.717, 1.165) is 6.42 Å². The fourth-order valence-electron chi connectivity index (χ4n) is 1.89. The van der Waals surface area contributed by atoms with Crippen molar-refractivity contribution in [1.82, 2.24) is 5.32 Å². The van der Waals surface area contributed by atoms with Crippen molar-refractivity contribution >= 4 is 29.6 Å². The quantitative estimate of drug-likeness (QED) is 0.916. The Bertz CT molecular complexity index is 445. The number of carbonyl (C=O) groups excluding carboxylic acids is 1. The molecule has 0 saturated carbocycles. The first-order valence-electron chi connectivity index (χ1n) is 6.48. The Kier molecular flexibility index (Phi) is 5.05. The van der Waals surface area contributed by atoms with E-state index in [-0.39, 0.29) is 10.2 Å². The first kappa shape index (κ1) is 14.6. The predicted molar refractivity (Wildman–Crippen MR) is 83.0 cm³/mol. The van der Waals surface area contributed by atoms with E-state index >= 15 is 0 Å². The van der Waals surface area contributed by atoms with Crippen molar-refractivity contribution in [3.05, 3.63) is 29.8 Å². The van der Waals surface area contributed by atoms with Crippen molar-refractivity contribution in [3.8, 4) is 5.75 Å². The van der Waals surface area contributed by atoms with Crippen molar-refractivity contribution in [2.45, 2.75) is 24.3 Å². The third-order valence-electron chi connectivity index (χ3n) is 2.93. The number of carbonyl (C=O) groups is 1. The Hall–Kier alpha value is -0.810. The van der Waals surface area contributed by atoms with Gasteiger partial charge in [-0.3, -0.25) is 0 Å². The standard InChI is InChI=1S/C14H19NO2S2/c1-3-7-15-13(16)17-12-6-4-5-11(10-12)14(2)18-8-9-19-14/h4-6,10H,3,7-9H2,1-2H3,(H,15,16). The molecule has 0 aromatic heterocycles. The summed E-state index contributed by atoms with van der Waals surface area (Å²) in [6.07, 6.45) is 0.524. The van der Waals surface area contributed by atoms with E-state index in [4.69, 9.17) is 4.74 Å². The first-order chi connectivity index (χ1) is 9.14. The molecule has 3 nitrogen and oxygen atoms in total. The molecule has 0 aliphatic carbocycles. The summed E-state index contributed by atoms with van der Waals surface area (Å²) in [5.41, 5.74) is 1.21. The molecule has 1 amide bonds. The average molecular weight is 297 g/mol. The van der Waals surface area contributed by atoms with Gasteiger partial charge in [0.1, 0.15) is 5.75 Å². The predicted octanol–water partition coefficient (Wildman–Crippen LogP) is 3.84. The molecule has 1 N–H and O–H groups in total. The van der Waals surface area contributed by atoms with E-state index in [0.29, 0.717) is 12.3 Å². The van der Waals surface area contributed by atoms with Crippen molar-refractivity contribution in [1.29, 1.82) is 0 Å². The van der Waals surface area contributed by atoms with Crippen LogP contribution in [0.4, 0.5) is 4.79 Å². The van der Waals surface area contributed by atoms with Gasteiger partial charge in [-0.15, -0.1) is 23.5 Å². The Balaban J connectivity index is 2.05. The second-order valence-corrected chi connectivity index (χ2v) is 7.77. The van der Waals surface area contributed by atoms with Crippen LogP contribution >= 0.6 is 23.5 Å². The van der Waals surface area contributed by atoms with Gasteiger partial charge < -0.3 is 10.1 Å². The van der Waals surface area contributed by atoms with Crippen LogP contribution in [0.2, 0.25) is 0 Å². The van der Waals surface area contributed by atoms with Gasteiger partial charge in [0.25, 0.3) is 0 Å². The molecular weight excluding hydrogens is 278 g/mol. The largest absolute Gasteiger partial charge is 0.412 e. The van der Waals surface area contributed by atoms with Crippen molar-refractivity contribution in [2.75, 3.05) is 18.1 Å². The Morgan fingerprint density at radius 1 is 1.42 bits per heavy atom. The summed E-state index contributed by atoms with van der Waals surface area (Å²) >= 11 is 3.89. The highest BCUT2D eigenvalue weighted by molar-refractivity contribution is 8.20. The number of nitrogens with one attached hydrogen (secondary N) is 1. The van der Waals surface area contributed by atoms with Crippen LogP contribution in [-0.4, -0.2) is 24.1 Å². The minimum absolute atomic E-state index is 0.0826. The Morgan fingerprint density at radius 3 is 2.84 bits per heavy atom. The smallest absolute Gasteiger partial charge is 0.410 e. The maximum atomic E-state index is 11.5. The molecule has 2 rings (SSSR count). The van der Waals surface area contributed by atoms with Gasteiger partial charge in [0.15, 0.2) is 0 Å². The summed E-state index contributed by atoms with van der Waals surface area (Å²) in [4.78, 5) is 11.5. The van der Waals surface area contributed by atoms with Crippen molar-refractivity contribution in [2.24, 2.45) is 0 Å². The van der Waals surface area contributed by atoms with Gasteiger partial charge in [-0.1, -0.05) is 19.1 Å². The maximum Gasteiger partial charge on any atom is 0.412 e. The lowest BCUT2D eigenvalue weighted by Crippen LogP contribution is -2.27. The minimum atomic E-state index is -0.379. The van der Waals surface area contributed by atoms with Crippen LogP contribution in [0.5, 0.6) is 5.75 Å². The summed E-state index contributed by atoms with van der Waals surface area (Å²) in [7, 11) is 0. The highest BCUT2D eigenvalue weighted by atomic mass is 32.2. The molecule has 1 aromatic carbocycles. The zero-order valence-corrected chi connectivity index (χ0v) is 12.9. The Morgan fingerprint density at radius 2 is 2.16 bits per heavy atom. The van der Waals surface area contributed by atoms with Crippen LogP contribution in [0.25, 0.3) is 0 Å². The zero-order valence-electron chi connectivity index (χ0n) is 11.3. The fourth-order valence-corrected chi connectivity index (χ4v) is 4.76. The maximum absolute atomic E-state index is 11.5. The van der Waals surface area contributed by atoms with Gasteiger partial charge in [0.05, 0.1) is 4.08 Å². The zero-order chi connectivity index (χ0) is 13.7. The third kappa shape index (κ3) is 3.83. The molecule has 0 unspecified atom stereocenters. The summed E-state index contributed by atoms with van der Waals surface area (Å²) in [6.45, 7) is 4.88. The number of amides is 1. The number of ether oxygens (including phenoxy) is 1. The molecule has 5 heteroatoms. The fraction of sp³-hybridized carbons (Fsp3) is 0.500. The number of hydrogen-bond donors (Lipinski definition) is 1. The summed E-state index contributed by atoms with van der Waals surface area (Å²) in [5.74, 6) is 2.95. The number of thioether (sulfide) groups is 2. The molecule has 1 aromatic rings. The molecule has 0 radical (unpaired) electrons. The van der Waals surface area contributed by atoms with Crippen LogP contribution in [0, 0.1) is 0 Å². The van der Waals surface area contributed by atoms with Crippen LogP contribution in [0.3, 0.4) is 0 Å². The van der Waals surface area contributed by atoms with E-state index in [1.807, 2.05) is 48.6 Å². The second kappa shape index (κ2) is 6.57. The molecule has 0 atom stereocenters. The topological polar surface area (TPSA) is 38.3 Å². The molecule has 1 heterocycles. The lowest BCUT2D eigenvalue weighted by molar-refractivity contribution is 0.200. The SMILES string of the molecule is CCCNC(=O)Oc1cccc(C2(C)SCCS2)c1. The van der Waals surface area contributed by atoms with Gasteiger partial charge in [-0.05, 0) is 31.0 Å². The summed E-state index contributed by atoms with van der Waals surface area (Å²) in [5, 5.41) is 2.71. The van der Waals surface area contributed by atoms with Crippen molar-refractivity contribution < 1.29 is 9.53 Å². The number of rotatable bonds is 4. The molecule has 19 heavy (non-hydrogen) atoms. The molecule has 0 spiro atoms.